The average molecular weight is 375 g/mol. The van der Waals surface area contributed by atoms with Crippen LogP contribution in [0.2, 0.25) is 0 Å². The fourth-order valence-corrected chi connectivity index (χ4v) is 3.13. The minimum absolute atomic E-state index is 0.137. The van der Waals surface area contributed by atoms with E-state index in [0.717, 1.165) is 22.8 Å². The van der Waals surface area contributed by atoms with Gasteiger partial charge in [-0.1, -0.05) is 68.4 Å². The number of carbonyl (C=O) groups is 2. The van der Waals surface area contributed by atoms with Crippen molar-refractivity contribution in [1.82, 2.24) is 0 Å². The summed E-state index contributed by atoms with van der Waals surface area (Å²) in [5.41, 5.74) is 2.83. The smallest absolute Gasteiger partial charge is 0.310 e. The first kappa shape index (κ1) is 19.6. The molecule has 3 aromatic carbocycles. The van der Waals surface area contributed by atoms with Crippen LogP contribution in [0.5, 0.6) is 0 Å². The van der Waals surface area contributed by atoms with Gasteiger partial charge in [-0.2, -0.15) is 0 Å². The first-order valence-electron chi connectivity index (χ1n) is 9.59. The fourth-order valence-electron chi connectivity index (χ4n) is 3.13. The quantitative estimate of drug-likeness (QED) is 0.586. The normalized spacial score (nSPS) is 11.8. The van der Waals surface area contributed by atoms with E-state index in [4.69, 9.17) is 4.74 Å². The third-order valence-electron chi connectivity index (χ3n) is 4.95. The Bertz CT molecular complexity index is 958. The van der Waals surface area contributed by atoms with Gasteiger partial charge in [0.15, 0.2) is 6.61 Å². The molecule has 0 aliphatic rings. The van der Waals surface area contributed by atoms with Crippen molar-refractivity contribution in [2.75, 3.05) is 11.9 Å². The number of esters is 1. The van der Waals surface area contributed by atoms with Gasteiger partial charge < -0.3 is 10.1 Å². The van der Waals surface area contributed by atoms with E-state index >= 15 is 0 Å². The SMILES string of the molecule is CC[C@@H](C)c1ccc(NC(=O)COC(=O)Cc2cccc3ccccc23)cc1. The van der Waals surface area contributed by atoms with Gasteiger partial charge in [-0.3, -0.25) is 9.59 Å². The van der Waals surface area contributed by atoms with Crippen LogP contribution in [0, 0.1) is 0 Å². The van der Waals surface area contributed by atoms with Gasteiger partial charge in [0.05, 0.1) is 6.42 Å². The molecule has 0 aliphatic heterocycles. The van der Waals surface area contributed by atoms with Gasteiger partial charge >= 0.3 is 5.97 Å². The maximum absolute atomic E-state index is 12.2. The van der Waals surface area contributed by atoms with E-state index in [1.165, 1.54) is 5.56 Å². The number of nitrogens with one attached hydrogen (secondary N) is 1. The van der Waals surface area contributed by atoms with Gasteiger partial charge in [0.25, 0.3) is 5.91 Å². The number of amides is 1. The summed E-state index contributed by atoms with van der Waals surface area (Å²) in [5.74, 6) is -0.277. The summed E-state index contributed by atoms with van der Waals surface area (Å²) >= 11 is 0. The Morgan fingerprint density at radius 2 is 1.68 bits per heavy atom. The monoisotopic (exact) mass is 375 g/mol. The molecular weight excluding hydrogens is 350 g/mol. The molecule has 0 heterocycles. The first-order chi connectivity index (χ1) is 13.6. The van der Waals surface area contributed by atoms with Gasteiger partial charge in [-0.25, -0.2) is 0 Å². The highest BCUT2D eigenvalue weighted by Gasteiger charge is 2.11. The van der Waals surface area contributed by atoms with Crippen LogP contribution >= 0.6 is 0 Å². The molecule has 0 aliphatic carbocycles. The maximum atomic E-state index is 12.2. The number of benzene rings is 3. The van der Waals surface area contributed by atoms with Crippen LogP contribution in [0.1, 0.15) is 37.3 Å². The molecule has 0 radical (unpaired) electrons. The van der Waals surface area contributed by atoms with Crippen LogP contribution in [0.3, 0.4) is 0 Å². The molecule has 1 amide bonds. The highest BCUT2D eigenvalue weighted by molar-refractivity contribution is 5.93. The van der Waals surface area contributed by atoms with Crippen LogP contribution in [0.25, 0.3) is 10.8 Å². The fraction of sp³-hybridized carbons (Fsp3) is 0.250. The lowest BCUT2D eigenvalue weighted by Crippen LogP contribution is -2.21. The zero-order valence-corrected chi connectivity index (χ0v) is 16.3. The van der Waals surface area contributed by atoms with Crippen molar-refractivity contribution in [3.05, 3.63) is 77.9 Å². The van der Waals surface area contributed by atoms with Crippen LogP contribution in [-0.4, -0.2) is 18.5 Å². The molecule has 1 N–H and O–H groups in total. The molecule has 0 unspecified atom stereocenters. The van der Waals surface area contributed by atoms with E-state index in [1.54, 1.807) is 0 Å². The number of rotatable bonds is 7. The highest BCUT2D eigenvalue weighted by atomic mass is 16.5. The number of ether oxygens (including phenoxy) is 1. The zero-order valence-electron chi connectivity index (χ0n) is 16.3. The van der Waals surface area contributed by atoms with E-state index in [9.17, 15) is 9.59 Å². The van der Waals surface area contributed by atoms with Gasteiger partial charge in [0.1, 0.15) is 0 Å². The topological polar surface area (TPSA) is 55.4 Å². The minimum Gasteiger partial charge on any atom is -0.455 e. The van der Waals surface area contributed by atoms with Crippen LogP contribution in [0.4, 0.5) is 5.69 Å². The molecule has 4 heteroatoms. The second kappa shape index (κ2) is 9.18. The van der Waals surface area contributed by atoms with Gasteiger partial charge in [0, 0.05) is 5.69 Å². The van der Waals surface area contributed by atoms with Crippen molar-refractivity contribution in [2.24, 2.45) is 0 Å². The molecule has 144 valence electrons. The van der Waals surface area contributed by atoms with Gasteiger partial charge in [0.2, 0.25) is 0 Å². The number of anilines is 1. The van der Waals surface area contributed by atoms with E-state index in [0.29, 0.717) is 11.6 Å². The third-order valence-corrected chi connectivity index (χ3v) is 4.95. The molecule has 28 heavy (non-hydrogen) atoms. The van der Waals surface area contributed by atoms with Crippen molar-refractivity contribution in [1.29, 1.82) is 0 Å². The van der Waals surface area contributed by atoms with E-state index in [1.807, 2.05) is 66.7 Å². The van der Waals surface area contributed by atoms with Crippen molar-refractivity contribution >= 4 is 28.3 Å². The molecule has 0 saturated carbocycles. The van der Waals surface area contributed by atoms with E-state index < -0.39 is 5.97 Å². The summed E-state index contributed by atoms with van der Waals surface area (Å²) < 4.78 is 5.16. The van der Waals surface area contributed by atoms with E-state index in [-0.39, 0.29) is 18.9 Å². The Morgan fingerprint density at radius 3 is 2.43 bits per heavy atom. The lowest BCUT2D eigenvalue weighted by Gasteiger charge is -2.11. The predicted molar refractivity (Wildman–Crippen MR) is 112 cm³/mol. The van der Waals surface area contributed by atoms with Crippen molar-refractivity contribution in [3.8, 4) is 0 Å². The van der Waals surface area contributed by atoms with Crippen molar-refractivity contribution in [3.63, 3.8) is 0 Å². The molecule has 0 aromatic heterocycles. The number of fused-ring (bicyclic) bond motifs is 1. The van der Waals surface area contributed by atoms with Crippen LogP contribution in [0.15, 0.2) is 66.7 Å². The average Bonchev–Trinajstić information content (AvgIpc) is 2.72. The predicted octanol–water partition coefficient (Wildman–Crippen LogP) is 5.08. The second-order valence-corrected chi connectivity index (χ2v) is 6.96. The zero-order chi connectivity index (χ0) is 19.9. The molecular formula is C24H25NO3. The van der Waals surface area contributed by atoms with Gasteiger partial charge in [-0.05, 0) is 46.4 Å². The lowest BCUT2D eigenvalue weighted by atomic mass is 9.99. The minimum atomic E-state index is -0.418. The lowest BCUT2D eigenvalue weighted by molar-refractivity contribution is -0.146. The Kier molecular flexibility index (Phi) is 6.43. The molecule has 4 nitrogen and oxygen atoms in total. The first-order valence-corrected chi connectivity index (χ1v) is 9.59. The second-order valence-electron chi connectivity index (χ2n) is 6.96. The Labute approximate surface area is 165 Å². The molecule has 3 rings (SSSR count). The summed E-state index contributed by atoms with van der Waals surface area (Å²) in [4.78, 5) is 24.2. The summed E-state index contributed by atoms with van der Waals surface area (Å²) in [6.45, 7) is 4.02. The highest BCUT2D eigenvalue weighted by Crippen LogP contribution is 2.21. The Morgan fingerprint density at radius 1 is 0.964 bits per heavy atom. The Hall–Kier alpha value is -3.14. The maximum Gasteiger partial charge on any atom is 0.310 e. The summed E-state index contributed by atoms with van der Waals surface area (Å²) in [7, 11) is 0. The number of carbonyl (C=O) groups excluding carboxylic acids is 2. The van der Waals surface area contributed by atoms with Crippen LogP contribution < -0.4 is 5.32 Å². The van der Waals surface area contributed by atoms with Crippen molar-refractivity contribution < 1.29 is 14.3 Å². The standard InChI is InChI=1S/C24H25NO3/c1-3-17(2)18-11-13-21(14-12-18)25-23(26)16-28-24(27)15-20-9-6-8-19-7-4-5-10-22(19)20/h4-14,17H,3,15-16H2,1-2H3,(H,25,26)/t17-/m1/s1. The number of hydrogen-bond acceptors (Lipinski definition) is 3. The Balaban J connectivity index is 1.52. The van der Waals surface area contributed by atoms with Gasteiger partial charge in [-0.15, -0.1) is 0 Å². The number of hydrogen-bond donors (Lipinski definition) is 1. The molecule has 3 aromatic rings. The summed E-state index contributed by atoms with van der Waals surface area (Å²) in [6.07, 6.45) is 1.20. The summed E-state index contributed by atoms with van der Waals surface area (Å²) in [5, 5.41) is 4.86. The van der Waals surface area contributed by atoms with Crippen molar-refractivity contribution in [2.45, 2.75) is 32.6 Å². The van der Waals surface area contributed by atoms with E-state index in [2.05, 4.69) is 19.2 Å². The molecule has 0 bridgehead atoms. The summed E-state index contributed by atoms with van der Waals surface area (Å²) in [6, 6.07) is 21.5. The molecule has 1 atom stereocenters. The van der Waals surface area contributed by atoms with Crippen LogP contribution in [-0.2, 0) is 20.7 Å². The molecule has 0 spiro atoms. The third kappa shape index (κ3) is 4.97. The molecule has 0 saturated heterocycles. The largest absolute Gasteiger partial charge is 0.455 e. The molecule has 0 fully saturated rings.